The number of primary amides is 1. The summed E-state index contributed by atoms with van der Waals surface area (Å²) in [5.41, 5.74) is 8.46. The number of rotatable bonds is 5. The molecule has 0 saturated heterocycles. The van der Waals surface area contributed by atoms with Gasteiger partial charge in [-0.3, -0.25) is 4.79 Å². The zero-order valence-electron chi connectivity index (χ0n) is 11.3. The summed E-state index contributed by atoms with van der Waals surface area (Å²) in [5.74, 6) is -0.398. The van der Waals surface area contributed by atoms with Gasteiger partial charge in [-0.15, -0.1) is 0 Å². The largest absolute Gasteiger partial charge is 0.369 e. The van der Waals surface area contributed by atoms with Crippen LogP contribution in [0.1, 0.15) is 24.1 Å². The van der Waals surface area contributed by atoms with Crippen molar-refractivity contribution < 1.29 is 4.79 Å². The van der Waals surface area contributed by atoms with E-state index in [1.807, 2.05) is 48.5 Å². The summed E-state index contributed by atoms with van der Waals surface area (Å²) in [6, 6.07) is 15.0. The summed E-state index contributed by atoms with van der Waals surface area (Å²) in [6.45, 7) is 2.10. The Labute approximate surface area is 127 Å². The van der Waals surface area contributed by atoms with Gasteiger partial charge >= 0.3 is 0 Å². The Morgan fingerprint density at radius 3 is 2.40 bits per heavy atom. The number of carbonyl (C=O) groups is 1. The average Bonchev–Trinajstić information content (AvgIpc) is 2.46. The summed E-state index contributed by atoms with van der Waals surface area (Å²) in [5, 5.41) is 3.18. The summed E-state index contributed by atoms with van der Waals surface area (Å²) < 4.78 is 0.899. The predicted octanol–water partition coefficient (Wildman–Crippen LogP) is 3.65. The topological polar surface area (TPSA) is 55.1 Å². The van der Waals surface area contributed by atoms with E-state index in [0.29, 0.717) is 0 Å². The molecule has 3 N–H and O–H groups in total. The first-order valence-corrected chi connectivity index (χ1v) is 7.30. The Hall–Kier alpha value is -1.81. The van der Waals surface area contributed by atoms with E-state index in [2.05, 4.69) is 28.2 Å². The van der Waals surface area contributed by atoms with Crippen LogP contribution in [0, 0.1) is 0 Å². The number of hydrogen-bond donors (Lipinski definition) is 2. The maximum atomic E-state index is 11.7. The highest BCUT2D eigenvalue weighted by Crippen LogP contribution is 2.26. The molecule has 1 amide bonds. The van der Waals surface area contributed by atoms with Gasteiger partial charge in [0, 0.05) is 10.2 Å². The molecule has 2 aromatic carbocycles. The Morgan fingerprint density at radius 1 is 1.20 bits per heavy atom. The molecular formula is C16H17BrN2O. The molecule has 0 bridgehead atoms. The summed E-state index contributed by atoms with van der Waals surface area (Å²) >= 11 is 3.45. The number of para-hydroxylation sites is 1. The molecule has 1 unspecified atom stereocenters. The van der Waals surface area contributed by atoms with Crippen LogP contribution in [-0.4, -0.2) is 5.91 Å². The van der Waals surface area contributed by atoms with Crippen molar-refractivity contribution in [3.05, 3.63) is 64.1 Å². The van der Waals surface area contributed by atoms with E-state index in [1.54, 1.807) is 0 Å². The fourth-order valence-electron chi connectivity index (χ4n) is 2.00. The minimum atomic E-state index is -0.542. The molecule has 3 nitrogen and oxygen atoms in total. The van der Waals surface area contributed by atoms with E-state index in [-0.39, 0.29) is 0 Å². The number of benzene rings is 2. The van der Waals surface area contributed by atoms with Crippen molar-refractivity contribution in [3.63, 3.8) is 0 Å². The van der Waals surface area contributed by atoms with Gasteiger partial charge in [0.25, 0.3) is 0 Å². The standard InChI is InChI=1S/C16H17BrN2O/c1-2-11-7-9-12(10-8-11)15(16(18)20)19-14-6-4-3-5-13(14)17/h3-10,15,19H,2H2,1H3,(H2,18,20). The Morgan fingerprint density at radius 2 is 1.85 bits per heavy atom. The quantitative estimate of drug-likeness (QED) is 0.877. The molecule has 0 aliphatic heterocycles. The van der Waals surface area contributed by atoms with Crippen molar-refractivity contribution in [2.24, 2.45) is 5.73 Å². The van der Waals surface area contributed by atoms with E-state index < -0.39 is 11.9 Å². The highest BCUT2D eigenvalue weighted by atomic mass is 79.9. The molecule has 0 radical (unpaired) electrons. The first kappa shape index (κ1) is 14.6. The normalized spacial score (nSPS) is 11.9. The smallest absolute Gasteiger partial charge is 0.244 e. The molecule has 104 valence electrons. The third kappa shape index (κ3) is 3.39. The molecule has 0 heterocycles. The Balaban J connectivity index is 2.27. The van der Waals surface area contributed by atoms with Crippen LogP contribution in [0.25, 0.3) is 0 Å². The lowest BCUT2D eigenvalue weighted by Gasteiger charge is -2.18. The van der Waals surface area contributed by atoms with E-state index in [0.717, 1.165) is 22.1 Å². The van der Waals surface area contributed by atoms with Crippen molar-refractivity contribution in [3.8, 4) is 0 Å². The Bertz CT molecular complexity index is 596. The molecule has 0 saturated carbocycles. The van der Waals surface area contributed by atoms with E-state index in [1.165, 1.54) is 5.56 Å². The number of anilines is 1. The van der Waals surface area contributed by atoms with Gasteiger partial charge in [0.2, 0.25) is 5.91 Å². The monoisotopic (exact) mass is 332 g/mol. The SMILES string of the molecule is CCc1ccc(C(Nc2ccccc2Br)C(N)=O)cc1. The molecule has 0 fully saturated rings. The first-order chi connectivity index (χ1) is 9.61. The lowest BCUT2D eigenvalue weighted by molar-refractivity contribution is -0.118. The number of halogens is 1. The summed E-state index contributed by atoms with van der Waals surface area (Å²) in [6.07, 6.45) is 0.971. The van der Waals surface area contributed by atoms with Crippen LogP contribution < -0.4 is 11.1 Å². The maximum absolute atomic E-state index is 11.7. The van der Waals surface area contributed by atoms with E-state index >= 15 is 0 Å². The second kappa shape index (κ2) is 6.57. The van der Waals surface area contributed by atoms with Crippen LogP contribution in [0.5, 0.6) is 0 Å². The molecule has 20 heavy (non-hydrogen) atoms. The van der Waals surface area contributed by atoms with Crippen LogP contribution in [0.4, 0.5) is 5.69 Å². The zero-order valence-corrected chi connectivity index (χ0v) is 12.9. The molecule has 1 atom stereocenters. The van der Waals surface area contributed by atoms with Crippen LogP contribution in [0.2, 0.25) is 0 Å². The third-order valence-electron chi connectivity index (χ3n) is 3.18. The molecule has 4 heteroatoms. The number of nitrogens with two attached hydrogens (primary N) is 1. The summed E-state index contributed by atoms with van der Waals surface area (Å²) in [4.78, 5) is 11.7. The highest BCUT2D eigenvalue weighted by molar-refractivity contribution is 9.10. The van der Waals surface area contributed by atoms with Crippen LogP contribution in [-0.2, 0) is 11.2 Å². The molecule has 0 aliphatic rings. The third-order valence-corrected chi connectivity index (χ3v) is 3.87. The van der Waals surface area contributed by atoms with Gasteiger partial charge in [-0.2, -0.15) is 0 Å². The number of hydrogen-bond acceptors (Lipinski definition) is 2. The molecular weight excluding hydrogens is 316 g/mol. The van der Waals surface area contributed by atoms with E-state index in [9.17, 15) is 4.79 Å². The van der Waals surface area contributed by atoms with Gasteiger partial charge in [0.05, 0.1) is 0 Å². The molecule has 0 spiro atoms. The Kier molecular flexibility index (Phi) is 4.79. The lowest BCUT2D eigenvalue weighted by Crippen LogP contribution is -2.27. The second-order valence-electron chi connectivity index (χ2n) is 4.55. The second-order valence-corrected chi connectivity index (χ2v) is 5.41. The van der Waals surface area contributed by atoms with Crippen molar-refractivity contribution in [1.82, 2.24) is 0 Å². The lowest BCUT2D eigenvalue weighted by atomic mass is 10.0. The maximum Gasteiger partial charge on any atom is 0.244 e. The molecule has 0 aromatic heterocycles. The summed E-state index contributed by atoms with van der Waals surface area (Å²) in [7, 11) is 0. The molecule has 2 rings (SSSR count). The van der Waals surface area contributed by atoms with Crippen molar-refractivity contribution in [1.29, 1.82) is 0 Å². The van der Waals surface area contributed by atoms with Gasteiger partial charge in [0.1, 0.15) is 6.04 Å². The van der Waals surface area contributed by atoms with Crippen LogP contribution in [0.15, 0.2) is 53.0 Å². The van der Waals surface area contributed by atoms with Crippen LogP contribution in [0.3, 0.4) is 0 Å². The zero-order chi connectivity index (χ0) is 14.5. The van der Waals surface area contributed by atoms with Gasteiger partial charge in [-0.05, 0) is 45.6 Å². The minimum absolute atomic E-state index is 0.398. The number of aryl methyl sites for hydroxylation is 1. The average molecular weight is 333 g/mol. The van der Waals surface area contributed by atoms with Gasteiger partial charge in [0.15, 0.2) is 0 Å². The fraction of sp³-hybridized carbons (Fsp3) is 0.188. The minimum Gasteiger partial charge on any atom is -0.369 e. The molecule has 2 aromatic rings. The first-order valence-electron chi connectivity index (χ1n) is 6.51. The highest BCUT2D eigenvalue weighted by Gasteiger charge is 2.18. The fourth-order valence-corrected chi connectivity index (χ4v) is 2.40. The van der Waals surface area contributed by atoms with Gasteiger partial charge in [-0.1, -0.05) is 43.3 Å². The number of amides is 1. The number of nitrogens with one attached hydrogen (secondary N) is 1. The van der Waals surface area contributed by atoms with Gasteiger partial charge < -0.3 is 11.1 Å². The van der Waals surface area contributed by atoms with Gasteiger partial charge in [-0.25, -0.2) is 0 Å². The van der Waals surface area contributed by atoms with Crippen molar-refractivity contribution in [2.45, 2.75) is 19.4 Å². The molecule has 0 aliphatic carbocycles. The predicted molar refractivity (Wildman–Crippen MR) is 85.5 cm³/mol. The van der Waals surface area contributed by atoms with Crippen LogP contribution >= 0.6 is 15.9 Å². The number of carbonyl (C=O) groups excluding carboxylic acids is 1. The van der Waals surface area contributed by atoms with Crippen molar-refractivity contribution >= 4 is 27.5 Å². The van der Waals surface area contributed by atoms with E-state index in [4.69, 9.17) is 5.73 Å². The van der Waals surface area contributed by atoms with Crippen molar-refractivity contribution in [2.75, 3.05) is 5.32 Å².